The van der Waals surface area contributed by atoms with Crippen molar-refractivity contribution in [3.8, 4) is 0 Å². The molecule has 0 aliphatic carbocycles. The van der Waals surface area contributed by atoms with Crippen LogP contribution in [0.1, 0.15) is 38.8 Å². The Morgan fingerprint density at radius 3 is 2.33 bits per heavy atom. The normalized spacial score (nSPS) is 12.6. The fourth-order valence-corrected chi connectivity index (χ4v) is 1.74. The molecule has 116 valence electrons. The van der Waals surface area contributed by atoms with Crippen LogP contribution in [-0.4, -0.2) is 30.1 Å². The number of nitrogens with one attached hydrogen (secondary N) is 2. The molecule has 0 unspecified atom stereocenters. The molecular weight excluding hydrogens is 268 g/mol. The molecule has 1 aromatic carbocycles. The van der Waals surface area contributed by atoms with Gasteiger partial charge in [0.2, 0.25) is 11.8 Å². The minimum atomic E-state index is -0.464. The van der Waals surface area contributed by atoms with Gasteiger partial charge in [-0.15, -0.1) is 0 Å². The van der Waals surface area contributed by atoms with Gasteiger partial charge in [0, 0.05) is 18.4 Å². The van der Waals surface area contributed by atoms with Gasteiger partial charge in [-0.1, -0.05) is 51.1 Å². The van der Waals surface area contributed by atoms with Gasteiger partial charge in [0.1, 0.15) is 0 Å². The van der Waals surface area contributed by atoms with E-state index in [-0.39, 0.29) is 31.4 Å². The van der Waals surface area contributed by atoms with Crippen molar-refractivity contribution < 1.29 is 14.7 Å². The van der Waals surface area contributed by atoms with Crippen molar-refractivity contribution in [1.82, 2.24) is 10.6 Å². The summed E-state index contributed by atoms with van der Waals surface area (Å²) < 4.78 is 0. The summed E-state index contributed by atoms with van der Waals surface area (Å²) in [5.41, 5.74) is 0.390. The zero-order valence-electron chi connectivity index (χ0n) is 12.8. The number of amides is 2. The minimum absolute atomic E-state index is 0.0860. The summed E-state index contributed by atoms with van der Waals surface area (Å²) in [4.78, 5) is 23.5. The van der Waals surface area contributed by atoms with E-state index >= 15 is 0 Å². The third-order valence-electron chi connectivity index (χ3n) is 3.04. The third kappa shape index (κ3) is 5.95. The quantitative estimate of drug-likeness (QED) is 0.741. The number of carbonyl (C=O) groups is 2. The van der Waals surface area contributed by atoms with Gasteiger partial charge in [-0.25, -0.2) is 0 Å². The van der Waals surface area contributed by atoms with Gasteiger partial charge >= 0.3 is 0 Å². The Hall–Kier alpha value is -1.88. The molecule has 2 amide bonds. The predicted octanol–water partition coefficient (Wildman–Crippen LogP) is 1.39. The van der Waals surface area contributed by atoms with Gasteiger partial charge in [-0.2, -0.15) is 0 Å². The number of benzene rings is 1. The van der Waals surface area contributed by atoms with Crippen LogP contribution >= 0.6 is 0 Å². The van der Waals surface area contributed by atoms with Gasteiger partial charge < -0.3 is 15.7 Å². The van der Waals surface area contributed by atoms with Crippen LogP contribution in [0.3, 0.4) is 0 Å². The summed E-state index contributed by atoms with van der Waals surface area (Å²) in [5, 5.41) is 14.8. The maximum Gasteiger partial charge on any atom is 0.225 e. The zero-order valence-corrected chi connectivity index (χ0v) is 12.8. The highest BCUT2D eigenvalue weighted by molar-refractivity contribution is 5.82. The molecule has 0 saturated heterocycles. The molecule has 5 nitrogen and oxygen atoms in total. The molecule has 0 aliphatic heterocycles. The molecule has 21 heavy (non-hydrogen) atoms. The molecule has 3 N–H and O–H groups in total. The number of carbonyl (C=O) groups excluding carboxylic acids is 2. The van der Waals surface area contributed by atoms with Gasteiger partial charge in [0.15, 0.2) is 0 Å². The number of aliphatic hydroxyl groups is 1. The average Bonchev–Trinajstić information content (AvgIpc) is 2.44. The van der Waals surface area contributed by atoms with E-state index in [1.807, 2.05) is 51.1 Å². The highest BCUT2D eigenvalue weighted by Gasteiger charge is 2.21. The van der Waals surface area contributed by atoms with E-state index in [0.29, 0.717) is 0 Å². The van der Waals surface area contributed by atoms with Crippen molar-refractivity contribution in [1.29, 1.82) is 0 Å². The van der Waals surface area contributed by atoms with Crippen molar-refractivity contribution in [2.75, 3.05) is 13.2 Å². The summed E-state index contributed by atoms with van der Waals surface area (Å²) in [6.45, 7) is 5.58. The Balaban J connectivity index is 2.41. The van der Waals surface area contributed by atoms with Crippen molar-refractivity contribution in [2.45, 2.75) is 33.2 Å². The van der Waals surface area contributed by atoms with E-state index in [0.717, 1.165) is 5.56 Å². The Morgan fingerprint density at radius 2 is 1.81 bits per heavy atom. The second-order valence-corrected chi connectivity index (χ2v) is 5.97. The molecule has 0 aliphatic rings. The van der Waals surface area contributed by atoms with Crippen LogP contribution in [0.25, 0.3) is 0 Å². The molecule has 0 spiro atoms. The first-order valence-corrected chi connectivity index (χ1v) is 7.08. The van der Waals surface area contributed by atoms with E-state index in [1.165, 1.54) is 0 Å². The lowest BCUT2D eigenvalue weighted by atomic mass is 9.96. The van der Waals surface area contributed by atoms with Gasteiger partial charge in [0.25, 0.3) is 0 Å². The monoisotopic (exact) mass is 292 g/mol. The molecule has 5 heteroatoms. The summed E-state index contributed by atoms with van der Waals surface area (Å²) >= 11 is 0. The first-order valence-electron chi connectivity index (χ1n) is 7.08. The highest BCUT2D eigenvalue weighted by atomic mass is 16.3. The van der Waals surface area contributed by atoms with Crippen LogP contribution in [0.4, 0.5) is 0 Å². The molecular formula is C16H24N2O3. The largest absolute Gasteiger partial charge is 0.394 e. The Kier molecular flexibility index (Phi) is 6.37. The van der Waals surface area contributed by atoms with Crippen LogP contribution in [0.2, 0.25) is 0 Å². The highest BCUT2D eigenvalue weighted by Crippen LogP contribution is 2.13. The summed E-state index contributed by atoms with van der Waals surface area (Å²) in [6.07, 6.45) is 0.186. The SMILES string of the molecule is CC(C)(C)C(=O)NCCC(=O)N[C@@H](CO)c1ccccc1. The van der Waals surface area contributed by atoms with E-state index < -0.39 is 11.5 Å². The number of hydrogen-bond donors (Lipinski definition) is 3. The Bertz CT molecular complexity index is 466. The second kappa shape index (κ2) is 7.78. The zero-order chi connectivity index (χ0) is 15.9. The molecule has 0 bridgehead atoms. The van der Waals surface area contributed by atoms with Crippen molar-refractivity contribution >= 4 is 11.8 Å². The topological polar surface area (TPSA) is 78.4 Å². The number of rotatable bonds is 6. The van der Waals surface area contributed by atoms with E-state index in [9.17, 15) is 14.7 Å². The molecule has 0 aromatic heterocycles. The molecule has 1 aromatic rings. The number of hydrogen-bond acceptors (Lipinski definition) is 3. The van der Waals surface area contributed by atoms with Crippen molar-refractivity contribution in [2.24, 2.45) is 5.41 Å². The first kappa shape index (κ1) is 17.2. The lowest BCUT2D eigenvalue weighted by Gasteiger charge is -2.19. The lowest BCUT2D eigenvalue weighted by Crippen LogP contribution is -2.38. The predicted molar refractivity (Wildman–Crippen MR) is 81.5 cm³/mol. The molecule has 0 heterocycles. The van der Waals surface area contributed by atoms with Crippen LogP contribution in [-0.2, 0) is 9.59 Å². The van der Waals surface area contributed by atoms with Crippen LogP contribution < -0.4 is 10.6 Å². The Labute approximate surface area is 125 Å². The molecule has 0 saturated carbocycles. The van der Waals surface area contributed by atoms with Crippen molar-refractivity contribution in [3.63, 3.8) is 0 Å². The summed E-state index contributed by atoms with van der Waals surface area (Å²) in [7, 11) is 0. The maximum absolute atomic E-state index is 11.8. The molecule has 0 radical (unpaired) electrons. The van der Waals surface area contributed by atoms with Crippen LogP contribution in [0, 0.1) is 5.41 Å². The number of aliphatic hydroxyl groups excluding tert-OH is 1. The summed E-state index contributed by atoms with van der Waals surface area (Å²) in [6, 6.07) is 8.87. The van der Waals surface area contributed by atoms with Crippen LogP contribution in [0.5, 0.6) is 0 Å². The smallest absolute Gasteiger partial charge is 0.225 e. The van der Waals surface area contributed by atoms with E-state index in [4.69, 9.17) is 0 Å². The fraction of sp³-hybridized carbons (Fsp3) is 0.500. The van der Waals surface area contributed by atoms with Crippen LogP contribution in [0.15, 0.2) is 30.3 Å². The first-order chi connectivity index (χ1) is 9.84. The maximum atomic E-state index is 11.8. The lowest BCUT2D eigenvalue weighted by molar-refractivity contribution is -0.128. The second-order valence-electron chi connectivity index (χ2n) is 5.97. The van der Waals surface area contributed by atoms with E-state index in [2.05, 4.69) is 10.6 Å². The van der Waals surface area contributed by atoms with Crippen molar-refractivity contribution in [3.05, 3.63) is 35.9 Å². The third-order valence-corrected chi connectivity index (χ3v) is 3.04. The Morgan fingerprint density at radius 1 is 1.19 bits per heavy atom. The van der Waals surface area contributed by atoms with Gasteiger partial charge in [-0.05, 0) is 5.56 Å². The molecule has 0 fully saturated rings. The summed E-state index contributed by atoms with van der Waals surface area (Å²) in [5.74, 6) is -0.288. The van der Waals surface area contributed by atoms with Gasteiger partial charge in [0.05, 0.1) is 12.6 Å². The molecule has 1 atom stereocenters. The standard InChI is InChI=1S/C16H24N2O3/c1-16(2,3)15(21)17-10-9-14(20)18-13(11-19)12-7-5-4-6-8-12/h4-8,13,19H,9-11H2,1-3H3,(H,17,21)(H,18,20)/t13-/m0/s1. The fourth-order valence-electron chi connectivity index (χ4n) is 1.74. The van der Waals surface area contributed by atoms with E-state index in [1.54, 1.807) is 0 Å². The molecule has 1 rings (SSSR count). The van der Waals surface area contributed by atoms with Gasteiger partial charge in [-0.3, -0.25) is 9.59 Å². The average molecular weight is 292 g/mol. The minimum Gasteiger partial charge on any atom is -0.394 e.